The molecule has 0 aromatic rings. The van der Waals surface area contributed by atoms with Crippen molar-refractivity contribution < 1.29 is 88.8 Å². The molecule has 0 heterocycles. The zero-order chi connectivity index (χ0) is 10.4. The van der Waals surface area contributed by atoms with Gasteiger partial charge in [-0.25, -0.2) is 0 Å². The van der Waals surface area contributed by atoms with E-state index in [2.05, 4.69) is 0 Å². The zero-order valence-corrected chi connectivity index (χ0v) is 12.5. The van der Waals surface area contributed by atoms with Gasteiger partial charge in [-0.05, 0) is 0 Å². The maximum Gasteiger partial charge on any atom is 1.00 e. The van der Waals surface area contributed by atoms with E-state index < -0.39 is 37.5 Å². The Bertz CT molecular complexity index is 196. The molecule has 0 fully saturated rings. The van der Waals surface area contributed by atoms with Gasteiger partial charge in [-0.1, -0.05) is 0 Å². The first kappa shape index (κ1) is 20.7. The molecule has 0 rings (SSSR count). The Labute approximate surface area is 130 Å². The minimum atomic E-state index is -1.57. The molecule has 0 saturated heterocycles. The van der Waals surface area contributed by atoms with Gasteiger partial charge in [0.2, 0.25) is 0 Å². The van der Waals surface area contributed by atoms with Gasteiger partial charge >= 0.3 is 59.1 Å². The molecule has 74 valence electrons. The molecule has 0 radical (unpaired) electrons. The van der Waals surface area contributed by atoms with Crippen LogP contribution in [0.3, 0.4) is 0 Å². The smallest absolute Gasteiger partial charge is 0.549 e. The van der Waals surface area contributed by atoms with Crippen LogP contribution >= 0.6 is 0 Å². The van der Waals surface area contributed by atoms with Gasteiger partial charge in [0.15, 0.2) is 0 Å². The summed E-state index contributed by atoms with van der Waals surface area (Å²) >= 11 is 0. The summed E-state index contributed by atoms with van der Waals surface area (Å²) in [5, 5.41) is 30.0. The van der Waals surface area contributed by atoms with Crippen molar-refractivity contribution in [3.05, 3.63) is 0 Å². The molecule has 0 aliphatic carbocycles. The van der Waals surface area contributed by atoms with Crippen molar-refractivity contribution in [2.75, 3.05) is 19.6 Å². The molecule has 0 spiro atoms. The van der Waals surface area contributed by atoms with Gasteiger partial charge in [-0.15, -0.1) is 0 Å². The molecule has 0 aliphatic rings. The van der Waals surface area contributed by atoms with Crippen LogP contribution in [0.2, 0.25) is 0 Å². The summed E-state index contributed by atoms with van der Waals surface area (Å²) in [7, 11) is 0. The molecule has 0 unspecified atom stereocenters. The molecule has 7 nitrogen and oxygen atoms in total. The molecule has 0 aliphatic heterocycles. The van der Waals surface area contributed by atoms with E-state index in [4.69, 9.17) is 0 Å². The second-order valence-electron chi connectivity index (χ2n) is 2.26. The van der Waals surface area contributed by atoms with Crippen LogP contribution in [0, 0.1) is 0 Å². The quantitative estimate of drug-likeness (QED) is 0.418. The predicted octanol–water partition coefficient (Wildman–Crippen LogP) is -11.5. The first-order valence-electron chi connectivity index (χ1n) is 3.23. The summed E-state index contributed by atoms with van der Waals surface area (Å²) < 4.78 is 0. The van der Waals surface area contributed by atoms with Crippen LogP contribution in [0.15, 0.2) is 0 Å². The van der Waals surface area contributed by atoms with E-state index in [9.17, 15) is 29.7 Å². The molecule has 0 aromatic heterocycles. The zero-order valence-electron chi connectivity index (χ0n) is 8.52. The molecule has 0 atom stereocenters. The topological polar surface area (TPSA) is 124 Å². The summed E-state index contributed by atoms with van der Waals surface area (Å²) in [5.74, 6) is -4.70. The minimum Gasteiger partial charge on any atom is -0.549 e. The van der Waals surface area contributed by atoms with E-state index in [-0.39, 0.29) is 59.1 Å². The molecule has 15 heavy (non-hydrogen) atoms. The number of nitrogens with zero attached hydrogens (tertiary/aromatic N) is 1. The third kappa shape index (κ3) is 14.4. The number of carbonyl (C=O) groups is 3. The largest absolute Gasteiger partial charge is 1.00 e. The number of aliphatic carboxylic acids is 3. The van der Waals surface area contributed by atoms with E-state index in [1.165, 1.54) is 0 Å². The summed E-state index contributed by atoms with van der Waals surface area (Å²) in [5.41, 5.74) is 0. The first-order valence-corrected chi connectivity index (χ1v) is 3.23. The van der Waals surface area contributed by atoms with Crippen LogP contribution < -0.4 is 74.4 Å². The number of hydrogen-bond donors (Lipinski definition) is 0. The van der Waals surface area contributed by atoms with Crippen LogP contribution in [0.25, 0.3) is 0 Å². The Morgan fingerprint density at radius 2 is 0.933 bits per heavy atom. The molecular weight excluding hydrogens is 228 g/mol. The Kier molecular flexibility index (Phi) is 15.0. The van der Waals surface area contributed by atoms with Crippen LogP contribution in [0.4, 0.5) is 0 Å². The van der Waals surface area contributed by atoms with Gasteiger partial charge in [-0.2, -0.15) is 0 Å². The monoisotopic (exact) mass is 234 g/mol. The molecule has 0 aromatic carbocycles. The summed E-state index contributed by atoms with van der Waals surface area (Å²) in [4.78, 5) is 30.6. The van der Waals surface area contributed by atoms with Gasteiger partial charge in [0, 0.05) is 19.6 Å². The van der Waals surface area contributed by atoms with Crippen LogP contribution in [0.1, 0.15) is 0 Å². The van der Waals surface area contributed by atoms with Crippen LogP contribution in [-0.4, -0.2) is 42.4 Å². The average molecular weight is 234 g/mol. The average Bonchev–Trinajstić information content (AvgIpc) is 1.80. The van der Waals surface area contributed by atoms with Crippen LogP contribution in [-0.2, 0) is 14.4 Å². The van der Waals surface area contributed by atoms with Crippen molar-refractivity contribution in [1.29, 1.82) is 0 Å². The number of rotatable bonds is 6. The van der Waals surface area contributed by atoms with E-state index in [1.54, 1.807) is 0 Å². The van der Waals surface area contributed by atoms with E-state index >= 15 is 0 Å². The van der Waals surface area contributed by atoms with Crippen molar-refractivity contribution in [3.63, 3.8) is 0 Å². The fourth-order valence-corrected chi connectivity index (χ4v) is 0.715. The fraction of sp³-hybridized carbons (Fsp3) is 0.500. The maximum absolute atomic E-state index is 9.99. The SMILES string of the molecule is O=C([O-])CN(CC(=O)[O-])CC(=O)[O-].[Na+].[Na+]. The van der Waals surface area contributed by atoms with Crippen molar-refractivity contribution in [2.45, 2.75) is 0 Å². The predicted molar refractivity (Wildman–Crippen MR) is 31.5 cm³/mol. The van der Waals surface area contributed by atoms with Crippen molar-refractivity contribution in [1.82, 2.24) is 4.90 Å². The maximum atomic E-state index is 9.99. The van der Waals surface area contributed by atoms with E-state index in [0.29, 0.717) is 4.90 Å². The van der Waals surface area contributed by atoms with Crippen molar-refractivity contribution >= 4 is 17.9 Å². The molecule has 0 N–H and O–H groups in total. The Morgan fingerprint density at radius 1 is 0.733 bits per heavy atom. The Morgan fingerprint density at radius 3 is 1.07 bits per heavy atom. The molecular formula is C6H6NNa2O6-. The summed E-state index contributed by atoms with van der Waals surface area (Å²) in [6.45, 7) is -2.37. The minimum absolute atomic E-state index is 0. The standard InChI is InChI=1S/C6H9NO6.2Na/c8-4(9)1-7(2-5(10)11)3-6(12)13;;/h1-3H2,(H,8,9)(H,10,11)(H,12,13);;/q;2*+1/p-3. The van der Waals surface area contributed by atoms with Gasteiger partial charge < -0.3 is 29.7 Å². The molecule has 0 saturated carbocycles. The van der Waals surface area contributed by atoms with Crippen molar-refractivity contribution in [3.8, 4) is 0 Å². The third-order valence-corrected chi connectivity index (χ3v) is 1.06. The van der Waals surface area contributed by atoms with Gasteiger partial charge in [0.25, 0.3) is 0 Å². The third-order valence-electron chi connectivity index (χ3n) is 1.06. The number of carbonyl (C=O) groups excluding carboxylic acids is 3. The van der Waals surface area contributed by atoms with Crippen molar-refractivity contribution in [2.24, 2.45) is 0 Å². The number of carboxylic acids is 3. The van der Waals surface area contributed by atoms with Gasteiger partial charge in [0.05, 0.1) is 17.9 Å². The summed E-state index contributed by atoms with van der Waals surface area (Å²) in [6.07, 6.45) is 0. The second-order valence-corrected chi connectivity index (χ2v) is 2.26. The van der Waals surface area contributed by atoms with Gasteiger partial charge in [0.1, 0.15) is 0 Å². The summed E-state index contributed by atoms with van der Waals surface area (Å²) in [6, 6.07) is 0. The number of carboxylic acid groups (broad SMARTS) is 3. The molecule has 0 bridgehead atoms. The van der Waals surface area contributed by atoms with Gasteiger partial charge in [-0.3, -0.25) is 4.90 Å². The van der Waals surface area contributed by atoms with E-state index in [1.807, 2.05) is 0 Å². The number of hydrogen-bond acceptors (Lipinski definition) is 7. The molecule has 0 amide bonds. The Hall–Kier alpha value is 0.370. The first-order chi connectivity index (χ1) is 5.91. The van der Waals surface area contributed by atoms with Crippen LogP contribution in [0.5, 0.6) is 0 Å². The van der Waals surface area contributed by atoms with E-state index in [0.717, 1.165) is 0 Å². The fourth-order valence-electron chi connectivity index (χ4n) is 0.715. The Balaban J connectivity index is -0.000000720. The normalized spacial score (nSPS) is 8.60. The molecule has 9 heteroatoms. The second kappa shape index (κ2) is 10.9.